The van der Waals surface area contributed by atoms with Crippen molar-refractivity contribution in [3.63, 3.8) is 0 Å². The first-order chi connectivity index (χ1) is 10.2. The molecule has 2 atom stereocenters. The molecule has 1 N–H and O–H groups in total. The summed E-state index contributed by atoms with van der Waals surface area (Å²) >= 11 is 0. The number of phenolic OH excluding ortho intramolecular Hbond substituents is 1. The van der Waals surface area contributed by atoms with Gasteiger partial charge in [0.25, 0.3) is 0 Å². The number of ether oxygens (including phenoxy) is 2. The number of aromatic hydroxyl groups is 1. The largest absolute Gasteiger partial charge is 0.507 e. The van der Waals surface area contributed by atoms with Gasteiger partial charge in [0.15, 0.2) is 0 Å². The van der Waals surface area contributed by atoms with Crippen LogP contribution < -0.4 is 4.74 Å². The minimum absolute atomic E-state index is 0.184. The van der Waals surface area contributed by atoms with Crippen LogP contribution in [0.4, 0.5) is 0 Å². The van der Waals surface area contributed by atoms with E-state index in [1.165, 1.54) is 0 Å². The molecule has 1 aliphatic rings. The molecule has 1 fully saturated rings. The predicted octanol–water partition coefficient (Wildman–Crippen LogP) is 3.35. The molecule has 0 aromatic heterocycles. The summed E-state index contributed by atoms with van der Waals surface area (Å²) in [6, 6.07) is 5.72. The van der Waals surface area contributed by atoms with Crippen molar-refractivity contribution in [2.45, 2.75) is 45.3 Å². The first-order valence-corrected chi connectivity index (χ1v) is 7.88. The van der Waals surface area contributed by atoms with Crippen LogP contribution in [-0.2, 0) is 4.74 Å². The summed E-state index contributed by atoms with van der Waals surface area (Å²) in [6.07, 6.45) is 3.67. The molecule has 1 aromatic rings. The molecule has 0 aliphatic carbocycles. The molecule has 0 spiro atoms. The van der Waals surface area contributed by atoms with Crippen LogP contribution in [-0.4, -0.2) is 42.9 Å². The average Bonchev–Trinajstić information content (AvgIpc) is 2.52. The van der Waals surface area contributed by atoms with Gasteiger partial charge in [0.2, 0.25) is 0 Å². The monoisotopic (exact) mass is 293 g/mol. The molecule has 1 aliphatic heterocycles. The third-order valence-electron chi connectivity index (χ3n) is 4.20. The van der Waals surface area contributed by atoms with Crippen molar-refractivity contribution in [2.75, 3.05) is 26.8 Å². The second-order valence-corrected chi connectivity index (χ2v) is 5.73. The van der Waals surface area contributed by atoms with Crippen molar-refractivity contribution in [1.82, 2.24) is 4.90 Å². The lowest BCUT2D eigenvalue weighted by molar-refractivity contribution is -0.0109. The number of hydrogen-bond acceptors (Lipinski definition) is 4. The van der Waals surface area contributed by atoms with Gasteiger partial charge in [0.1, 0.15) is 11.5 Å². The molecular weight excluding hydrogens is 266 g/mol. The lowest BCUT2D eigenvalue weighted by Gasteiger charge is -2.37. The third kappa shape index (κ3) is 4.11. The number of hydrogen-bond donors (Lipinski definition) is 1. The van der Waals surface area contributed by atoms with Crippen LogP contribution in [0.5, 0.6) is 11.5 Å². The van der Waals surface area contributed by atoms with E-state index in [9.17, 15) is 5.11 Å². The topological polar surface area (TPSA) is 41.9 Å². The van der Waals surface area contributed by atoms with E-state index in [2.05, 4.69) is 18.7 Å². The van der Waals surface area contributed by atoms with Crippen LogP contribution in [0.3, 0.4) is 0 Å². The number of phenols is 1. The highest BCUT2D eigenvalue weighted by Crippen LogP contribution is 2.33. The highest BCUT2D eigenvalue weighted by atomic mass is 16.5. The van der Waals surface area contributed by atoms with Crippen molar-refractivity contribution >= 4 is 0 Å². The smallest absolute Gasteiger partial charge is 0.124 e. The predicted molar refractivity (Wildman–Crippen MR) is 83.9 cm³/mol. The fraction of sp³-hybridized carbons (Fsp3) is 0.647. The second-order valence-electron chi connectivity index (χ2n) is 5.73. The van der Waals surface area contributed by atoms with Gasteiger partial charge in [0.05, 0.1) is 13.2 Å². The molecular formula is C17H27NO3. The normalized spacial score (nSPS) is 21.2. The van der Waals surface area contributed by atoms with E-state index in [-0.39, 0.29) is 6.04 Å². The summed E-state index contributed by atoms with van der Waals surface area (Å²) in [6.45, 7) is 7.11. The standard InChI is InChI=1S/C17H27NO3/c1-4-10-21-15-6-5-9-18(12-15)13(2)16-8-7-14(20-3)11-17(16)19/h7-8,11,13,15,19H,4-6,9-10,12H2,1-3H3. The maximum atomic E-state index is 10.2. The molecule has 4 heteroatoms. The summed E-state index contributed by atoms with van der Waals surface area (Å²) in [5, 5.41) is 10.2. The van der Waals surface area contributed by atoms with Crippen LogP contribution in [0.2, 0.25) is 0 Å². The van der Waals surface area contributed by atoms with Gasteiger partial charge in [-0.2, -0.15) is 0 Å². The molecule has 0 saturated carbocycles. The van der Waals surface area contributed by atoms with Crippen molar-refractivity contribution in [1.29, 1.82) is 0 Å². The molecule has 1 heterocycles. The minimum atomic E-state index is 0.184. The Hall–Kier alpha value is -1.26. The van der Waals surface area contributed by atoms with E-state index in [1.54, 1.807) is 13.2 Å². The van der Waals surface area contributed by atoms with Crippen molar-refractivity contribution in [3.8, 4) is 11.5 Å². The Morgan fingerprint density at radius 3 is 2.90 bits per heavy atom. The van der Waals surface area contributed by atoms with Crippen LogP contribution in [0, 0.1) is 0 Å². The molecule has 21 heavy (non-hydrogen) atoms. The quantitative estimate of drug-likeness (QED) is 0.873. The molecule has 0 bridgehead atoms. The fourth-order valence-electron chi connectivity index (χ4n) is 2.94. The van der Waals surface area contributed by atoms with E-state index in [1.807, 2.05) is 12.1 Å². The van der Waals surface area contributed by atoms with Crippen molar-refractivity contribution < 1.29 is 14.6 Å². The Balaban J connectivity index is 2.03. The summed E-state index contributed by atoms with van der Waals surface area (Å²) in [7, 11) is 1.61. The zero-order valence-corrected chi connectivity index (χ0v) is 13.3. The van der Waals surface area contributed by atoms with Gasteiger partial charge in [-0.15, -0.1) is 0 Å². The SMILES string of the molecule is CCCOC1CCCN(C(C)c2ccc(OC)cc2O)C1. The Morgan fingerprint density at radius 2 is 2.24 bits per heavy atom. The number of piperidine rings is 1. The number of rotatable bonds is 6. The number of methoxy groups -OCH3 is 1. The zero-order chi connectivity index (χ0) is 15.2. The van der Waals surface area contributed by atoms with Crippen molar-refractivity contribution in [3.05, 3.63) is 23.8 Å². The minimum Gasteiger partial charge on any atom is -0.507 e. The zero-order valence-electron chi connectivity index (χ0n) is 13.3. The first-order valence-electron chi connectivity index (χ1n) is 7.88. The van der Waals surface area contributed by atoms with Gasteiger partial charge < -0.3 is 14.6 Å². The molecule has 2 unspecified atom stereocenters. The van der Waals surface area contributed by atoms with Gasteiger partial charge in [-0.05, 0) is 38.8 Å². The van der Waals surface area contributed by atoms with Crippen molar-refractivity contribution in [2.24, 2.45) is 0 Å². The van der Waals surface area contributed by atoms with E-state index < -0.39 is 0 Å². The van der Waals surface area contributed by atoms with Crippen LogP contribution >= 0.6 is 0 Å². The molecule has 4 nitrogen and oxygen atoms in total. The van der Waals surface area contributed by atoms with Crippen LogP contribution in [0.25, 0.3) is 0 Å². The van der Waals surface area contributed by atoms with Crippen LogP contribution in [0.1, 0.15) is 44.7 Å². The van der Waals surface area contributed by atoms with Gasteiger partial charge in [-0.1, -0.05) is 13.0 Å². The van der Waals surface area contributed by atoms with Gasteiger partial charge in [0, 0.05) is 30.8 Å². The van der Waals surface area contributed by atoms with Gasteiger partial charge in [-0.3, -0.25) is 4.90 Å². The number of nitrogens with zero attached hydrogens (tertiary/aromatic N) is 1. The molecule has 0 radical (unpaired) electrons. The maximum Gasteiger partial charge on any atom is 0.124 e. The third-order valence-corrected chi connectivity index (χ3v) is 4.20. The summed E-state index contributed by atoms with van der Waals surface area (Å²) in [5.41, 5.74) is 0.951. The second kappa shape index (κ2) is 7.66. The Bertz CT molecular complexity index is 450. The Morgan fingerprint density at radius 1 is 1.43 bits per heavy atom. The Kier molecular flexibility index (Phi) is 5.88. The lowest BCUT2D eigenvalue weighted by atomic mass is 10.0. The summed E-state index contributed by atoms with van der Waals surface area (Å²) in [5.74, 6) is 0.990. The Labute approximate surface area is 127 Å². The van der Waals surface area contributed by atoms with E-state index >= 15 is 0 Å². The van der Waals surface area contributed by atoms with Crippen LogP contribution in [0.15, 0.2) is 18.2 Å². The number of benzene rings is 1. The number of likely N-dealkylation sites (tertiary alicyclic amines) is 1. The summed E-state index contributed by atoms with van der Waals surface area (Å²) < 4.78 is 11.0. The van der Waals surface area contributed by atoms with E-state index in [4.69, 9.17) is 9.47 Å². The fourth-order valence-corrected chi connectivity index (χ4v) is 2.94. The molecule has 1 saturated heterocycles. The maximum absolute atomic E-state index is 10.2. The molecule has 0 amide bonds. The summed E-state index contributed by atoms with van der Waals surface area (Å²) in [4.78, 5) is 2.39. The van der Waals surface area contributed by atoms with E-state index in [0.717, 1.165) is 44.5 Å². The first kappa shape index (κ1) is 16.1. The van der Waals surface area contributed by atoms with E-state index in [0.29, 0.717) is 17.6 Å². The highest BCUT2D eigenvalue weighted by Gasteiger charge is 2.26. The molecule has 2 rings (SSSR count). The molecule has 118 valence electrons. The average molecular weight is 293 g/mol. The highest BCUT2D eigenvalue weighted by molar-refractivity contribution is 5.41. The van der Waals surface area contributed by atoms with Gasteiger partial charge >= 0.3 is 0 Å². The lowest BCUT2D eigenvalue weighted by Crippen LogP contribution is -2.41. The van der Waals surface area contributed by atoms with Gasteiger partial charge in [-0.25, -0.2) is 0 Å². The molecule has 1 aromatic carbocycles.